The van der Waals surface area contributed by atoms with Gasteiger partial charge in [-0.1, -0.05) is 13.8 Å². The van der Waals surface area contributed by atoms with Gasteiger partial charge in [-0.05, 0) is 39.2 Å². The van der Waals surface area contributed by atoms with Crippen LogP contribution in [0.2, 0.25) is 0 Å². The van der Waals surface area contributed by atoms with E-state index >= 15 is 0 Å². The van der Waals surface area contributed by atoms with Gasteiger partial charge in [-0.3, -0.25) is 14.5 Å². The molecule has 0 saturated carbocycles. The maximum atomic E-state index is 12.2. The molecule has 0 bridgehead atoms. The number of hydrogen-bond acceptors (Lipinski definition) is 3. The molecule has 0 spiro atoms. The summed E-state index contributed by atoms with van der Waals surface area (Å²) in [7, 11) is 0. The molecule has 2 N–H and O–H groups in total. The van der Waals surface area contributed by atoms with Crippen molar-refractivity contribution in [2.75, 3.05) is 6.54 Å². The molecule has 1 saturated heterocycles. The first-order valence-corrected chi connectivity index (χ1v) is 7.27. The van der Waals surface area contributed by atoms with Crippen molar-refractivity contribution in [3.05, 3.63) is 0 Å². The highest BCUT2D eigenvalue weighted by molar-refractivity contribution is 5.81. The standard InChI is InChI=1S/C14H26N2O3/c1-4-11(5-2)15-14(19)10(3)16-8-6-7-12(16)9-13(17)18/h10-12H,4-9H2,1-3H3,(H,15,19)(H,17,18). The van der Waals surface area contributed by atoms with Crippen LogP contribution >= 0.6 is 0 Å². The number of hydrogen-bond donors (Lipinski definition) is 2. The van der Waals surface area contributed by atoms with E-state index in [2.05, 4.69) is 19.2 Å². The fraction of sp³-hybridized carbons (Fsp3) is 0.857. The Kier molecular flexibility index (Phi) is 6.28. The predicted octanol–water partition coefficient (Wildman–Crippen LogP) is 1.62. The van der Waals surface area contributed by atoms with Gasteiger partial charge in [0.15, 0.2) is 0 Å². The summed E-state index contributed by atoms with van der Waals surface area (Å²) in [5.74, 6) is -0.768. The van der Waals surface area contributed by atoms with Crippen LogP contribution in [0, 0.1) is 0 Å². The van der Waals surface area contributed by atoms with Gasteiger partial charge in [-0.25, -0.2) is 0 Å². The van der Waals surface area contributed by atoms with E-state index in [1.165, 1.54) is 0 Å². The number of aliphatic carboxylic acids is 1. The molecule has 1 aliphatic rings. The van der Waals surface area contributed by atoms with Crippen LogP contribution in [-0.2, 0) is 9.59 Å². The first kappa shape index (κ1) is 16.0. The minimum Gasteiger partial charge on any atom is -0.481 e. The Balaban J connectivity index is 2.57. The van der Waals surface area contributed by atoms with E-state index in [1.54, 1.807) is 0 Å². The Morgan fingerprint density at radius 1 is 1.37 bits per heavy atom. The topological polar surface area (TPSA) is 69.6 Å². The second kappa shape index (κ2) is 7.48. The van der Waals surface area contributed by atoms with E-state index in [1.807, 2.05) is 11.8 Å². The van der Waals surface area contributed by atoms with Crippen LogP contribution in [0.3, 0.4) is 0 Å². The zero-order chi connectivity index (χ0) is 14.4. The third kappa shape index (κ3) is 4.49. The quantitative estimate of drug-likeness (QED) is 0.737. The van der Waals surface area contributed by atoms with E-state index in [9.17, 15) is 9.59 Å². The van der Waals surface area contributed by atoms with Gasteiger partial charge in [0.05, 0.1) is 12.5 Å². The molecular formula is C14H26N2O3. The monoisotopic (exact) mass is 270 g/mol. The van der Waals surface area contributed by atoms with E-state index in [-0.39, 0.29) is 30.5 Å². The van der Waals surface area contributed by atoms with E-state index in [0.717, 1.165) is 32.2 Å². The van der Waals surface area contributed by atoms with Crippen LogP contribution in [-0.4, -0.2) is 46.6 Å². The Morgan fingerprint density at radius 2 is 2.00 bits per heavy atom. The van der Waals surface area contributed by atoms with Crippen LogP contribution in [0.25, 0.3) is 0 Å². The summed E-state index contributed by atoms with van der Waals surface area (Å²) in [6.45, 7) is 6.80. The van der Waals surface area contributed by atoms with Crippen molar-refractivity contribution < 1.29 is 14.7 Å². The van der Waals surface area contributed by atoms with Gasteiger partial charge in [-0.2, -0.15) is 0 Å². The lowest BCUT2D eigenvalue weighted by molar-refractivity contribution is -0.139. The van der Waals surface area contributed by atoms with Crippen LogP contribution in [0.4, 0.5) is 0 Å². The molecule has 110 valence electrons. The van der Waals surface area contributed by atoms with Gasteiger partial charge in [0, 0.05) is 12.1 Å². The Labute approximate surface area is 115 Å². The highest BCUT2D eigenvalue weighted by atomic mass is 16.4. The zero-order valence-electron chi connectivity index (χ0n) is 12.2. The van der Waals surface area contributed by atoms with Crippen LogP contribution in [0.1, 0.15) is 52.9 Å². The number of carboxylic acid groups (broad SMARTS) is 1. The number of amides is 1. The predicted molar refractivity (Wildman–Crippen MR) is 74.0 cm³/mol. The first-order chi connectivity index (χ1) is 8.99. The lowest BCUT2D eigenvalue weighted by Gasteiger charge is -2.30. The molecule has 0 aromatic heterocycles. The molecule has 1 fully saturated rings. The number of carboxylic acids is 1. The smallest absolute Gasteiger partial charge is 0.304 e. The Morgan fingerprint density at radius 3 is 2.53 bits per heavy atom. The minimum atomic E-state index is -0.787. The average molecular weight is 270 g/mol. The molecule has 1 rings (SSSR count). The van der Waals surface area contributed by atoms with E-state index in [4.69, 9.17) is 5.11 Å². The number of carbonyl (C=O) groups excluding carboxylic acids is 1. The number of nitrogens with one attached hydrogen (secondary N) is 1. The lowest BCUT2D eigenvalue weighted by atomic mass is 10.1. The summed E-state index contributed by atoms with van der Waals surface area (Å²) in [5, 5.41) is 11.9. The van der Waals surface area contributed by atoms with Crippen molar-refractivity contribution in [2.45, 2.75) is 71.0 Å². The maximum Gasteiger partial charge on any atom is 0.304 e. The molecular weight excluding hydrogens is 244 g/mol. The summed E-state index contributed by atoms with van der Waals surface area (Å²) >= 11 is 0. The van der Waals surface area contributed by atoms with Crippen molar-refractivity contribution >= 4 is 11.9 Å². The van der Waals surface area contributed by atoms with Crippen molar-refractivity contribution in [2.24, 2.45) is 0 Å². The Bertz CT molecular complexity index is 316. The van der Waals surface area contributed by atoms with Crippen LogP contribution in [0.15, 0.2) is 0 Å². The summed E-state index contributed by atoms with van der Waals surface area (Å²) in [6, 6.07) is -0.0251. The second-order valence-electron chi connectivity index (χ2n) is 5.33. The largest absolute Gasteiger partial charge is 0.481 e. The number of likely N-dealkylation sites (tertiary alicyclic amines) is 1. The van der Waals surface area contributed by atoms with Crippen molar-refractivity contribution in [1.82, 2.24) is 10.2 Å². The summed E-state index contributed by atoms with van der Waals surface area (Å²) in [5.41, 5.74) is 0. The van der Waals surface area contributed by atoms with Gasteiger partial charge >= 0.3 is 5.97 Å². The van der Waals surface area contributed by atoms with Gasteiger partial charge in [0.25, 0.3) is 0 Å². The molecule has 0 aromatic carbocycles. The molecule has 1 heterocycles. The third-order valence-electron chi connectivity index (χ3n) is 4.04. The van der Waals surface area contributed by atoms with E-state index < -0.39 is 5.97 Å². The number of rotatable bonds is 7. The van der Waals surface area contributed by atoms with E-state index in [0.29, 0.717) is 0 Å². The maximum absolute atomic E-state index is 12.2. The van der Waals surface area contributed by atoms with Crippen molar-refractivity contribution in [3.63, 3.8) is 0 Å². The summed E-state index contributed by atoms with van der Waals surface area (Å²) in [4.78, 5) is 25.1. The fourth-order valence-electron chi connectivity index (χ4n) is 2.75. The second-order valence-corrected chi connectivity index (χ2v) is 5.33. The molecule has 0 aromatic rings. The third-order valence-corrected chi connectivity index (χ3v) is 4.04. The highest BCUT2D eigenvalue weighted by Crippen LogP contribution is 2.22. The molecule has 0 radical (unpaired) electrons. The molecule has 2 unspecified atom stereocenters. The summed E-state index contributed by atoms with van der Waals surface area (Å²) < 4.78 is 0. The Hall–Kier alpha value is -1.10. The molecule has 1 aliphatic heterocycles. The number of carbonyl (C=O) groups is 2. The summed E-state index contributed by atoms with van der Waals surface area (Å²) in [6.07, 6.45) is 3.82. The zero-order valence-corrected chi connectivity index (χ0v) is 12.2. The van der Waals surface area contributed by atoms with Gasteiger partial charge in [-0.15, -0.1) is 0 Å². The SMILES string of the molecule is CCC(CC)NC(=O)C(C)N1CCCC1CC(=O)O. The van der Waals surface area contributed by atoms with Crippen LogP contribution in [0.5, 0.6) is 0 Å². The first-order valence-electron chi connectivity index (χ1n) is 7.27. The molecule has 1 amide bonds. The van der Waals surface area contributed by atoms with Crippen molar-refractivity contribution in [3.8, 4) is 0 Å². The lowest BCUT2D eigenvalue weighted by Crippen LogP contribution is -2.50. The minimum absolute atomic E-state index is 0.0000435. The molecule has 2 atom stereocenters. The number of nitrogens with zero attached hydrogens (tertiary/aromatic N) is 1. The van der Waals surface area contributed by atoms with Gasteiger partial charge in [0.2, 0.25) is 5.91 Å². The van der Waals surface area contributed by atoms with Crippen molar-refractivity contribution in [1.29, 1.82) is 0 Å². The van der Waals surface area contributed by atoms with Gasteiger partial charge < -0.3 is 10.4 Å². The molecule has 19 heavy (non-hydrogen) atoms. The van der Waals surface area contributed by atoms with Gasteiger partial charge in [0.1, 0.15) is 0 Å². The normalized spacial score (nSPS) is 21.6. The average Bonchev–Trinajstić information content (AvgIpc) is 2.81. The van der Waals surface area contributed by atoms with Crippen LogP contribution < -0.4 is 5.32 Å². The molecule has 5 nitrogen and oxygen atoms in total. The highest BCUT2D eigenvalue weighted by Gasteiger charge is 2.33. The fourth-order valence-corrected chi connectivity index (χ4v) is 2.75. The molecule has 0 aliphatic carbocycles. The molecule has 5 heteroatoms.